The van der Waals surface area contributed by atoms with Crippen LogP contribution in [0.25, 0.3) is 0 Å². The molecule has 0 bridgehead atoms. The van der Waals surface area contributed by atoms with E-state index in [1.54, 1.807) is 12.1 Å². The van der Waals surface area contributed by atoms with Crippen molar-refractivity contribution in [2.45, 2.75) is 31.2 Å². The number of nitrogens with zero attached hydrogens (tertiary/aromatic N) is 1. The maximum absolute atomic E-state index is 12.3. The van der Waals surface area contributed by atoms with Gasteiger partial charge in [0.05, 0.1) is 11.4 Å². The van der Waals surface area contributed by atoms with Crippen LogP contribution in [0.3, 0.4) is 0 Å². The van der Waals surface area contributed by atoms with Crippen LogP contribution in [0.2, 0.25) is 0 Å². The second-order valence-electron chi connectivity index (χ2n) is 6.62. The second kappa shape index (κ2) is 9.12. The Kier molecular flexibility index (Phi) is 7.12. The Balaban J connectivity index is 2.00. The first-order chi connectivity index (χ1) is 12.7. The van der Waals surface area contributed by atoms with E-state index < -0.39 is 10.0 Å². The Morgan fingerprint density at radius 3 is 2.37 bits per heavy atom. The van der Waals surface area contributed by atoms with Crippen LogP contribution in [0.5, 0.6) is 0 Å². The van der Waals surface area contributed by atoms with E-state index in [0.29, 0.717) is 5.69 Å². The standard InChI is InChI=1S/C20H27N3O3S/c1-5-19(16-11-9-15(2)10-12-16)21-14-20(24)22-17-7-6-8-18(13-17)27(25,26)23(3)4/h6-13,19,21H,5,14H2,1-4H3,(H,22,24)/t19-/m1/s1. The number of hydrogen-bond acceptors (Lipinski definition) is 4. The Labute approximate surface area is 161 Å². The van der Waals surface area contributed by atoms with Crippen molar-refractivity contribution in [2.75, 3.05) is 26.0 Å². The Morgan fingerprint density at radius 1 is 1.11 bits per heavy atom. The fourth-order valence-electron chi connectivity index (χ4n) is 2.66. The number of hydrogen-bond donors (Lipinski definition) is 2. The van der Waals surface area contributed by atoms with Gasteiger partial charge in [0, 0.05) is 25.8 Å². The molecule has 0 aliphatic heterocycles. The van der Waals surface area contributed by atoms with Crippen LogP contribution in [0.15, 0.2) is 53.4 Å². The highest BCUT2D eigenvalue weighted by Crippen LogP contribution is 2.19. The van der Waals surface area contributed by atoms with Crippen LogP contribution in [-0.4, -0.2) is 39.3 Å². The van der Waals surface area contributed by atoms with Gasteiger partial charge in [-0.15, -0.1) is 0 Å². The van der Waals surface area contributed by atoms with Crippen molar-refractivity contribution in [2.24, 2.45) is 0 Å². The number of amides is 1. The molecule has 2 aromatic carbocycles. The topological polar surface area (TPSA) is 78.5 Å². The van der Waals surface area contributed by atoms with Crippen molar-refractivity contribution in [1.29, 1.82) is 0 Å². The number of carbonyl (C=O) groups excluding carboxylic acids is 1. The van der Waals surface area contributed by atoms with Gasteiger partial charge in [0.15, 0.2) is 0 Å². The van der Waals surface area contributed by atoms with E-state index in [9.17, 15) is 13.2 Å². The summed E-state index contributed by atoms with van der Waals surface area (Å²) < 4.78 is 25.6. The first kappa shape index (κ1) is 21.1. The molecule has 0 aromatic heterocycles. The molecule has 2 N–H and O–H groups in total. The van der Waals surface area contributed by atoms with E-state index in [1.807, 2.05) is 6.92 Å². The summed E-state index contributed by atoms with van der Waals surface area (Å²) in [6.07, 6.45) is 0.854. The molecule has 2 rings (SSSR count). The molecular weight excluding hydrogens is 362 g/mol. The number of aryl methyl sites for hydroxylation is 1. The van der Waals surface area contributed by atoms with Gasteiger partial charge in [-0.25, -0.2) is 12.7 Å². The van der Waals surface area contributed by atoms with Gasteiger partial charge < -0.3 is 10.6 Å². The SMILES string of the molecule is CC[C@@H](NCC(=O)Nc1cccc(S(=O)(=O)N(C)C)c1)c1ccc(C)cc1. The molecule has 0 fully saturated rings. The fraction of sp³-hybridized carbons (Fsp3) is 0.350. The molecular formula is C20H27N3O3S. The third-order valence-corrected chi connectivity index (χ3v) is 6.10. The predicted molar refractivity (Wildman–Crippen MR) is 108 cm³/mol. The molecule has 0 aliphatic carbocycles. The number of rotatable bonds is 8. The van der Waals surface area contributed by atoms with Crippen LogP contribution in [-0.2, 0) is 14.8 Å². The third-order valence-electron chi connectivity index (χ3n) is 4.29. The molecule has 0 heterocycles. The third kappa shape index (κ3) is 5.63. The van der Waals surface area contributed by atoms with Gasteiger partial charge in [-0.1, -0.05) is 42.8 Å². The first-order valence-corrected chi connectivity index (χ1v) is 10.3. The summed E-state index contributed by atoms with van der Waals surface area (Å²) >= 11 is 0. The van der Waals surface area contributed by atoms with Gasteiger partial charge in [0.25, 0.3) is 0 Å². The number of carbonyl (C=O) groups is 1. The van der Waals surface area contributed by atoms with E-state index in [-0.39, 0.29) is 23.4 Å². The van der Waals surface area contributed by atoms with Crippen molar-refractivity contribution in [3.8, 4) is 0 Å². The van der Waals surface area contributed by atoms with Crippen LogP contribution < -0.4 is 10.6 Å². The van der Waals surface area contributed by atoms with Crippen molar-refractivity contribution in [1.82, 2.24) is 9.62 Å². The van der Waals surface area contributed by atoms with Gasteiger partial charge in [-0.3, -0.25) is 4.79 Å². The summed E-state index contributed by atoms with van der Waals surface area (Å²) in [5, 5.41) is 6.00. The van der Waals surface area contributed by atoms with Crippen molar-refractivity contribution in [3.63, 3.8) is 0 Å². The average molecular weight is 390 g/mol. The first-order valence-electron chi connectivity index (χ1n) is 8.86. The second-order valence-corrected chi connectivity index (χ2v) is 8.77. The summed E-state index contributed by atoms with van der Waals surface area (Å²) in [6.45, 7) is 4.23. The maximum Gasteiger partial charge on any atom is 0.242 e. The number of nitrogens with one attached hydrogen (secondary N) is 2. The normalized spacial score (nSPS) is 12.8. The largest absolute Gasteiger partial charge is 0.325 e. The summed E-state index contributed by atoms with van der Waals surface area (Å²) in [4.78, 5) is 12.4. The lowest BCUT2D eigenvalue weighted by atomic mass is 10.0. The zero-order valence-electron chi connectivity index (χ0n) is 16.2. The molecule has 0 unspecified atom stereocenters. The molecule has 146 valence electrons. The van der Waals surface area contributed by atoms with Crippen LogP contribution >= 0.6 is 0 Å². The van der Waals surface area contributed by atoms with Crippen molar-refractivity contribution < 1.29 is 13.2 Å². The molecule has 1 amide bonds. The van der Waals surface area contributed by atoms with E-state index in [2.05, 4.69) is 41.8 Å². The van der Waals surface area contributed by atoms with Crippen LogP contribution in [0, 0.1) is 6.92 Å². The highest BCUT2D eigenvalue weighted by Gasteiger charge is 2.18. The minimum atomic E-state index is -3.54. The van der Waals surface area contributed by atoms with Gasteiger partial charge in [-0.2, -0.15) is 0 Å². The molecule has 2 aromatic rings. The smallest absolute Gasteiger partial charge is 0.242 e. The zero-order valence-corrected chi connectivity index (χ0v) is 17.0. The van der Waals surface area contributed by atoms with Gasteiger partial charge in [0.2, 0.25) is 15.9 Å². The minimum absolute atomic E-state index is 0.0804. The lowest BCUT2D eigenvalue weighted by Gasteiger charge is -2.18. The molecule has 0 radical (unpaired) electrons. The van der Waals surface area contributed by atoms with E-state index >= 15 is 0 Å². The van der Waals surface area contributed by atoms with E-state index in [0.717, 1.165) is 16.3 Å². The molecule has 6 nitrogen and oxygen atoms in total. The van der Waals surface area contributed by atoms with Gasteiger partial charge in [-0.05, 0) is 37.1 Å². The van der Waals surface area contributed by atoms with E-state index in [4.69, 9.17) is 0 Å². The summed E-state index contributed by atoms with van der Waals surface area (Å²) in [5.74, 6) is -0.222. The summed E-state index contributed by atoms with van der Waals surface area (Å²) in [6, 6.07) is 14.6. The molecule has 27 heavy (non-hydrogen) atoms. The molecule has 0 saturated heterocycles. The molecule has 7 heteroatoms. The van der Waals surface area contributed by atoms with E-state index in [1.165, 1.54) is 31.8 Å². The summed E-state index contributed by atoms with van der Waals surface area (Å²) in [5.41, 5.74) is 2.78. The Hall–Kier alpha value is -2.22. The number of benzene rings is 2. The average Bonchev–Trinajstić information content (AvgIpc) is 2.63. The van der Waals surface area contributed by atoms with Gasteiger partial charge in [0.1, 0.15) is 0 Å². The highest BCUT2D eigenvalue weighted by atomic mass is 32.2. The lowest BCUT2D eigenvalue weighted by molar-refractivity contribution is -0.115. The zero-order chi connectivity index (χ0) is 20.0. The molecule has 1 atom stereocenters. The Morgan fingerprint density at radius 2 is 1.78 bits per heavy atom. The predicted octanol–water partition coefficient (Wildman–Crippen LogP) is 2.92. The highest BCUT2D eigenvalue weighted by molar-refractivity contribution is 7.89. The van der Waals surface area contributed by atoms with Crippen LogP contribution in [0.1, 0.15) is 30.5 Å². The molecule has 0 saturated carbocycles. The van der Waals surface area contributed by atoms with Crippen LogP contribution in [0.4, 0.5) is 5.69 Å². The lowest BCUT2D eigenvalue weighted by Crippen LogP contribution is -2.31. The Bertz CT molecular complexity index is 878. The monoisotopic (exact) mass is 389 g/mol. The van der Waals surface area contributed by atoms with Gasteiger partial charge >= 0.3 is 0 Å². The van der Waals surface area contributed by atoms with Crippen molar-refractivity contribution >= 4 is 21.6 Å². The van der Waals surface area contributed by atoms with Crippen molar-refractivity contribution in [3.05, 3.63) is 59.7 Å². The maximum atomic E-state index is 12.3. The number of anilines is 1. The molecule has 0 aliphatic rings. The molecule has 0 spiro atoms. The quantitative estimate of drug-likeness (QED) is 0.728. The fourth-order valence-corrected chi connectivity index (χ4v) is 3.61. The summed E-state index contributed by atoms with van der Waals surface area (Å²) in [7, 11) is -0.593. The number of sulfonamides is 1. The minimum Gasteiger partial charge on any atom is -0.325 e.